The molecule has 2 rings (SSSR count). The van der Waals surface area contributed by atoms with Crippen molar-refractivity contribution in [3.63, 3.8) is 0 Å². The lowest BCUT2D eigenvalue weighted by molar-refractivity contribution is -0.134. The first-order valence-corrected chi connectivity index (χ1v) is 4.81. The summed E-state index contributed by atoms with van der Waals surface area (Å²) >= 11 is 3.20. The Kier molecular flexibility index (Phi) is 2.19. The van der Waals surface area contributed by atoms with Gasteiger partial charge in [0.15, 0.2) is 5.01 Å². The van der Waals surface area contributed by atoms with E-state index >= 15 is 0 Å². The van der Waals surface area contributed by atoms with Crippen molar-refractivity contribution >= 4 is 27.5 Å². The van der Waals surface area contributed by atoms with Gasteiger partial charge in [0, 0.05) is 0 Å². The molecular formula is C10H7BrO2. The SMILES string of the molecule is O=C1OC(Br)C=C1c1ccccc1. The van der Waals surface area contributed by atoms with Gasteiger partial charge >= 0.3 is 5.97 Å². The third-order valence-corrected chi connectivity index (χ3v) is 2.27. The van der Waals surface area contributed by atoms with Crippen molar-refractivity contribution < 1.29 is 9.53 Å². The number of cyclic esters (lactones) is 1. The van der Waals surface area contributed by atoms with E-state index in [0.29, 0.717) is 5.57 Å². The Bertz CT molecular complexity index is 356. The third kappa shape index (κ3) is 1.65. The predicted molar refractivity (Wildman–Crippen MR) is 53.2 cm³/mol. The summed E-state index contributed by atoms with van der Waals surface area (Å²) in [6.45, 7) is 0. The number of halogens is 1. The second-order valence-corrected chi connectivity index (χ2v) is 3.61. The van der Waals surface area contributed by atoms with Crippen LogP contribution >= 0.6 is 15.9 Å². The first-order chi connectivity index (χ1) is 6.27. The van der Waals surface area contributed by atoms with Crippen LogP contribution in [0.2, 0.25) is 0 Å². The number of carbonyl (C=O) groups excluding carboxylic acids is 1. The van der Waals surface area contributed by atoms with Crippen LogP contribution in [0.3, 0.4) is 0 Å². The van der Waals surface area contributed by atoms with Crippen molar-refractivity contribution in [3.05, 3.63) is 42.0 Å². The summed E-state index contributed by atoms with van der Waals surface area (Å²) in [4.78, 5) is 11.3. The molecule has 1 aliphatic heterocycles. The lowest BCUT2D eigenvalue weighted by atomic mass is 10.1. The van der Waals surface area contributed by atoms with Gasteiger partial charge in [-0.15, -0.1) is 0 Å². The van der Waals surface area contributed by atoms with E-state index in [1.807, 2.05) is 30.3 Å². The monoisotopic (exact) mass is 238 g/mol. The van der Waals surface area contributed by atoms with Gasteiger partial charge in [0.05, 0.1) is 5.57 Å². The van der Waals surface area contributed by atoms with Gasteiger partial charge in [-0.05, 0) is 27.6 Å². The Labute approximate surface area is 84.3 Å². The van der Waals surface area contributed by atoms with Gasteiger partial charge in [0.1, 0.15) is 0 Å². The van der Waals surface area contributed by atoms with E-state index in [0.717, 1.165) is 5.56 Å². The fourth-order valence-corrected chi connectivity index (χ4v) is 1.66. The molecule has 13 heavy (non-hydrogen) atoms. The molecule has 0 aromatic heterocycles. The number of hydrogen-bond acceptors (Lipinski definition) is 2. The molecule has 0 amide bonds. The summed E-state index contributed by atoms with van der Waals surface area (Å²) in [7, 11) is 0. The maximum atomic E-state index is 11.3. The summed E-state index contributed by atoms with van der Waals surface area (Å²) in [5.74, 6) is -0.270. The second-order valence-electron chi connectivity index (χ2n) is 2.70. The highest BCUT2D eigenvalue weighted by atomic mass is 79.9. The maximum absolute atomic E-state index is 11.3. The average Bonchev–Trinajstić information content (AvgIpc) is 2.47. The van der Waals surface area contributed by atoms with E-state index in [1.54, 1.807) is 6.08 Å². The number of alkyl halides is 1. The zero-order chi connectivity index (χ0) is 9.26. The van der Waals surface area contributed by atoms with Crippen LogP contribution in [-0.4, -0.2) is 11.0 Å². The molecule has 1 atom stereocenters. The minimum atomic E-state index is -0.282. The number of esters is 1. The molecule has 1 heterocycles. The number of benzene rings is 1. The minimum absolute atomic E-state index is 0.270. The fraction of sp³-hybridized carbons (Fsp3) is 0.100. The van der Waals surface area contributed by atoms with E-state index in [4.69, 9.17) is 4.74 Å². The molecule has 0 spiro atoms. The molecule has 3 heteroatoms. The molecule has 0 bridgehead atoms. The van der Waals surface area contributed by atoms with Crippen molar-refractivity contribution in [2.75, 3.05) is 0 Å². The average molecular weight is 239 g/mol. The molecule has 1 aromatic carbocycles. The quantitative estimate of drug-likeness (QED) is 0.555. The van der Waals surface area contributed by atoms with Gasteiger partial charge in [-0.25, -0.2) is 4.79 Å². The molecule has 2 nitrogen and oxygen atoms in total. The standard InChI is InChI=1S/C10H7BrO2/c11-9-6-8(10(12)13-9)7-4-2-1-3-5-7/h1-6,9H. The Morgan fingerprint density at radius 1 is 1.23 bits per heavy atom. The first-order valence-electron chi connectivity index (χ1n) is 3.89. The Hall–Kier alpha value is -1.09. The largest absolute Gasteiger partial charge is 0.443 e. The van der Waals surface area contributed by atoms with Crippen LogP contribution in [0.1, 0.15) is 5.56 Å². The van der Waals surface area contributed by atoms with Gasteiger partial charge in [0.25, 0.3) is 0 Å². The van der Waals surface area contributed by atoms with Crippen molar-refractivity contribution in [1.29, 1.82) is 0 Å². The van der Waals surface area contributed by atoms with Crippen molar-refractivity contribution in [1.82, 2.24) is 0 Å². The molecule has 1 unspecified atom stereocenters. The van der Waals surface area contributed by atoms with Crippen LogP contribution in [0.5, 0.6) is 0 Å². The number of rotatable bonds is 1. The molecule has 66 valence electrons. The molecule has 1 aliphatic rings. The number of carbonyl (C=O) groups is 1. The van der Waals surface area contributed by atoms with Gasteiger partial charge in [0.2, 0.25) is 0 Å². The van der Waals surface area contributed by atoms with Gasteiger partial charge < -0.3 is 4.74 Å². The fourth-order valence-electron chi connectivity index (χ4n) is 1.23. The summed E-state index contributed by atoms with van der Waals surface area (Å²) in [6.07, 6.45) is 1.76. The van der Waals surface area contributed by atoms with Crippen molar-refractivity contribution in [3.8, 4) is 0 Å². The van der Waals surface area contributed by atoms with Gasteiger partial charge in [-0.2, -0.15) is 0 Å². The topological polar surface area (TPSA) is 26.3 Å². The normalized spacial score (nSPS) is 21.2. The van der Waals surface area contributed by atoms with Crippen LogP contribution in [0.4, 0.5) is 0 Å². The summed E-state index contributed by atoms with van der Waals surface area (Å²) in [5.41, 5.74) is 1.52. The van der Waals surface area contributed by atoms with E-state index < -0.39 is 0 Å². The van der Waals surface area contributed by atoms with Crippen molar-refractivity contribution in [2.45, 2.75) is 5.01 Å². The molecule has 0 fully saturated rings. The van der Waals surface area contributed by atoms with Crippen molar-refractivity contribution in [2.24, 2.45) is 0 Å². The van der Waals surface area contributed by atoms with Gasteiger partial charge in [-0.1, -0.05) is 30.3 Å². The number of hydrogen-bond donors (Lipinski definition) is 0. The Balaban J connectivity index is 2.37. The second kappa shape index (κ2) is 3.34. The Morgan fingerprint density at radius 2 is 1.92 bits per heavy atom. The zero-order valence-corrected chi connectivity index (χ0v) is 8.32. The smallest absolute Gasteiger partial charge is 0.340 e. The van der Waals surface area contributed by atoms with Gasteiger partial charge in [-0.3, -0.25) is 0 Å². The maximum Gasteiger partial charge on any atom is 0.340 e. The molecule has 0 N–H and O–H groups in total. The summed E-state index contributed by atoms with van der Waals surface area (Å²) < 4.78 is 4.91. The van der Waals surface area contributed by atoms with Crippen LogP contribution in [0.15, 0.2) is 36.4 Å². The molecule has 0 aliphatic carbocycles. The van der Waals surface area contributed by atoms with Crippen LogP contribution in [0.25, 0.3) is 5.57 Å². The predicted octanol–water partition coefficient (Wildman–Crippen LogP) is 2.35. The third-order valence-electron chi connectivity index (χ3n) is 1.82. The Morgan fingerprint density at radius 3 is 2.46 bits per heavy atom. The lowest BCUT2D eigenvalue weighted by Crippen LogP contribution is -2.01. The first kappa shape index (κ1) is 8.51. The minimum Gasteiger partial charge on any atom is -0.443 e. The molecule has 1 aromatic rings. The highest BCUT2D eigenvalue weighted by molar-refractivity contribution is 9.09. The summed E-state index contributed by atoms with van der Waals surface area (Å²) in [5, 5.41) is -0.282. The highest BCUT2D eigenvalue weighted by Gasteiger charge is 2.23. The molecule has 0 saturated heterocycles. The van der Waals surface area contributed by atoms with E-state index in [-0.39, 0.29) is 11.0 Å². The van der Waals surface area contributed by atoms with Crippen LogP contribution in [-0.2, 0) is 9.53 Å². The molecule has 0 radical (unpaired) electrons. The summed E-state index contributed by atoms with van der Waals surface area (Å²) in [6, 6.07) is 9.47. The van der Waals surface area contributed by atoms with E-state index in [2.05, 4.69) is 15.9 Å². The molecular weight excluding hydrogens is 232 g/mol. The highest BCUT2D eigenvalue weighted by Crippen LogP contribution is 2.25. The van der Waals surface area contributed by atoms with Crippen LogP contribution in [0, 0.1) is 0 Å². The van der Waals surface area contributed by atoms with E-state index in [9.17, 15) is 4.79 Å². The number of ether oxygens (including phenoxy) is 1. The lowest BCUT2D eigenvalue weighted by Gasteiger charge is -1.98. The van der Waals surface area contributed by atoms with E-state index in [1.165, 1.54) is 0 Å². The molecule has 0 saturated carbocycles. The van der Waals surface area contributed by atoms with Crippen LogP contribution < -0.4 is 0 Å². The zero-order valence-electron chi connectivity index (χ0n) is 6.74.